The molecule has 1 unspecified atom stereocenters. The van der Waals surface area contributed by atoms with Gasteiger partial charge in [-0.2, -0.15) is 0 Å². The Hall–Kier alpha value is -1.87. The summed E-state index contributed by atoms with van der Waals surface area (Å²) in [5.41, 5.74) is 0.122. The Bertz CT molecular complexity index is 719. The van der Waals surface area contributed by atoms with Gasteiger partial charge in [-0.05, 0) is 25.7 Å². The second-order valence-corrected chi connectivity index (χ2v) is 7.82. The highest BCUT2D eigenvalue weighted by Gasteiger charge is 2.31. The number of H-pyrrole nitrogens is 1. The number of rotatable bonds is 10. The molecule has 1 aliphatic heterocycles. The minimum atomic E-state index is -0.639. The number of carbonyl (C=O) groups is 2. The van der Waals surface area contributed by atoms with Crippen molar-refractivity contribution in [1.29, 1.82) is 0 Å². The Morgan fingerprint density at radius 3 is 2.81 bits per heavy atom. The molecule has 8 nitrogen and oxygen atoms in total. The van der Waals surface area contributed by atoms with Crippen LogP contribution in [0.3, 0.4) is 0 Å². The van der Waals surface area contributed by atoms with Gasteiger partial charge in [0.1, 0.15) is 12.4 Å². The summed E-state index contributed by atoms with van der Waals surface area (Å²) in [6.07, 6.45) is 1.09. The number of esters is 1. The highest BCUT2D eigenvalue weighted by molar-refractivity contribution is 7.99. The zero-order chi connectivity index (χ0) is 19.8. The van der Waals surface area contributed by atoms with Gasteiger partial charge in [-0.15, -0.1) is 0 Å². The van der Waals surface area contributed by atoms with Crippen LogP contribution in [0.1, 0.15) is 39.2 Å². The number of ether oxygens (including phenoxy) is 2. The molecule has 0 fully saturated rings. The smallest absolute Gasteiger partial charge is 0.306 e. The molecule has 1 atom stereocenters. The summed E-state index contributed by atoms with van der Waals surface area (Å²) in [5, 5.41) is 3.15. The van der Waals surface area contributed by atoms with Crippen molar-refractivity contribution >= 4 is 29.5 Å². The van der Waals surface area contributed by atoms with E-state index in [1.165, 1.54) is 11.8 Å². The first-order valence-corrected chi connectivity index (χ1v) is 10.2. The van der Waals surface area contributed by atoms with Gasteiger partial charge in [0.15, 0.2) is 5.16 Å². The van der Waals surface area contributed by atoms with Gasteiger partial charge in [0.2, 0.25) is 5.91 Å². The number of hydrogen-bond acceptors (Lipinski definition) is 7. The van der Waals surface area contributed by atoms with E-state index in [4.69, 9.17) is 9.47 Å². The number of fused-ring (bicyclic) bond motifs is 1. The molecule has 1 aliphatic rings. The third kappa shape index (κ3) is 6.66. The molecule has 27 heavy (non-hydrogen) atoms. The fraction of sp³-hybridized carbons (Fsp3) is 0.667. The van der Waals surface area contributed by atoms with Crippen molar-refractivity contribution in [3.05, 3.63) is 15.9 Å². The standard InChI is InChI=1S/C18H27N3O5S/c1-4-25-6-7-26-14(22)10-12-9-13-15(19-16(12)23)20-18(21-17(13)24)27-8-5-11(2)3/h11-12H,4-10H2,1-3H3,(H2,19,20,21,23,24). The number of amides is 1. The van der Waals surface area contributed by atoms with Gasteiger partial charge in [0.25, 0.3) is 5.56 Å². The normalized spacial score (nSPS) is 16.1. The zero-order valence-corrected chi connectivity index (χ0v) is 16.8. The number of hydrogen-bond donors (Lipinski definition) is 2. The number of nitrogens with one attached hydrogen (secondary N) is 2. The molecule has 1 aromatic rings. The lowest BCUT2D eigenvalue weighted by Gasteiger charge is -2.22. The number of carbonyl (C=O) groups excluding carboxylic acids is 2. The van der Waals surface area contributed by atoms with E-state index in [1.54, 1.807) is 0 Å². The van der Waals surface area contributed by atoms with E-state index in [0.29, 0.717) is 29.9 Å². The molecule has 150 valence electrons. The molecule has 9 heteroatoms. The maximum absolute atomic E-state index is 12.4. The van der Waals surface area contributed by atoms with Crippen LogP contribution in [0.15, 0.2) is 9.95 Å². The van der Waals surface area contributed by atoms with Gasteiger partial charge in [-0.3, -0.25) is 14.4 Å². The maximum Gasteiger partial charge on any atom is 0.306 e. The Kier molecular flexibility index (Phi) is 8.30. The molecule has 0 bridgehead atoms. The monoisotopic (exact) mass is 397 g/mol. The summed E-state index contributed by atoms with van der Waals surface area (Å²) in [4.78, 5) is 43.7. The topological polar surface area (TPSA) is 110 Å². The summed E-state index contributed by atoms with van der Waals surface area (Å²) >= 11 is 1.46. The summed E-state index contributed by atoms with van der Waals surface area (Å²) in [6, 6.07) is 0. The maximum atomic E-state index is 12.4. The third-order valence-electron chi connectivity index (χ3n) is 4.10. The molecular weight excluding hydrogens is 370 g/mol. The van der Waals surface area contributed by atoms with Gasteiger partial charge in [0.05, 0.1) is 24.5 Å². The van der Waals surface area contributed by atoms with Crippen LogP contribution in [0.5, 0.6) is 0 Å². The van der Waals surface area contributed by atoms with Gasteiger partial charge < -0.3 is 19.8 Å². The van der Waals surface area contributed by atoms with Crippen molar-refractivity contribution in [2.45, 2.75) is 45.2 Å². The summed E-state index contributed by atoms with van der Waals surface area (Å²) < 4.78 is 10.1. The molecule has 2 heterocycles. The first-order chi connectivity index (χ1) is 12.9. The van der Waals surface area contributed by atoms with Crippen LogP contribution in [-0.4, -0.2) is 47.4 Å². The van der Waals surface area contributed by atoms with Crippen molar-refractivity contribution in [2.75, 3.05) is 30.9 Å². The largest absolute Gasteiger partial charge is 0.463 e. The Morgan fingerprint density at radius 1 is 1.33 bits per heavy atom. The minimum absolute atomic E-state index is 0.0816. The van der Waals surface area contributed by atoms with E-state index < -0.39 is 11.9 Å². The van der Waals surface area contributed by atoms with Gasteiger partial charge >= 0.3 is 5.97 Å². The molecule has 1 amide bonds. The fourth-order valence-corrected chi connectivity index (χ4v) is 3.67. The van der Waals surface area contributed by atoms with Crippen LogP contribution in [0.25, 0.3) is 0 Å². The molecule has 0 spiro atoms. The quantitative estimate of drug-likeness (QED) is 0.269. The lowest BCUT2D eigenvalue weighted by Crippen LogP contribution is -2.36. The second-order valence-electron chi connectivity index (χ2n) is 6.74. The third-order valence-corrected chi connectivity index (χ3v) is 5.01. The number of nitrogens with zero attached hydrogens (tertiary/aromatic N) is 1. The molecular formula is C18H27N3O5S. The predicted molar refractivity (Wildman–Crippen MR) is 103 cm³/mol. The molecule has 0 aromatic carbocycles. The Balaban J connectivity index is 1.97. The van der Waals surface area contributed by atoms with Crippen LogP contribution in [0.4, 0.5) is 5.82 Å². The van der Waals surface area contributed by atoms with Crippen molar-refractivity contribution in [3.8, 4) is 0 Å². The average Bonchev–Trinajstić information content (AvgIpc) is 2.60. The van der Waals surface area contributed by atoms with Crippen LogP contribution in [0, 0.1) is 11.8 Å². The van der Waals surface area contributed by atoms with Crippen molar-refractivity contribution in [2.24, 2.45) is 11.8 Å². The Morgan fingerprint density at radius 2 is 2.11 bits per heavy atom. The van der Waals surface area contributed by atoms with E-state index in [2.05, 4.69) is 29.1 Å². The molecule has 0 aliphatic carbocycles. The SMILES string of the molecule is CCOCCOC(=O)CC1Cc2c(nc(SCCC(C)C)[nH]c2=O)NC1=O. The predicted octanol–water partition coefficient (Wildman–Crippen LogP) is 1.99. The van der Waals surface area contributed by atoms with Gasteiger partial charge in [-0.1, -0.05) is 25.6 Å². The Labute approximate surface area is 162 Å². The number of anilines is 1. The van der Waals surface area contributed by atoms with Crippen LogP contribution >= 0.6 is 11.8 Å². The molecule has 2 N–H and O–H groups in total. The fourth-order valence-electron chi connectivity index (χ4n) is 2.57. The highest BCUT2D eigenvalue weighted by atomic mass is 32.2. The van der Waals surface area contributed by atoms with Crippen molar-refractivity contribution < 1.29 is 19.1 Å². The van der Waals surface area contributed by atoms with E-state index in [-0.39, 0.29) is 36.7 Å². The average molecular weight is 397 g/mol. The van der Waals surface area contributed by atoms with Crippen LogP contribution in [0.2, 0.25) is 0 Å². The second kappa shape index (κ2) is 10.5. The first-order valence-electron chi connectivity index (χ1n) is 9.20. The number of thioether (sulfide) groups is 1. The van der Waals surface area contributed by atoms with Crippen molar-refractivity contribution in [1.82, 2.24) is 9.97 Å². The summed E-state index contributed by atoms with van der Waals surface area (Å²) in [6.45, 7) is 7.13. The molecule has 2 rings (SSSR count). The highest BCUT2D eigenvalue weighted by Crippen LogP contribution is 2.25. The molecule has 0 saturated carbocycles. The van der Waals surface area contributed by atoms with E-state index in [9.17, 15) is 14.4 Å². The lowest BCUT2D eigenvalue weighted by molar-refractivity contribution is -0.147. The van der Waals surface area contributed by atoms with Gasteiger partial charge in [0, 0.05) is 12.4 Å². The minimum Gasteiger partial charge on any atom is -0.463 e. The van der Waals surface area contributed by atoms with E-state index >= 15 is 0 Å². The number of aromatic nitrogens is 2. The molecule has 0 radical (unpaired) electrons. The lowest BCUT2D eigenvalue weighted by atomic mass is 9.93. The molecule has 0 saturated heterocycles. The van der Waals surface area contributed by atoms with E-state index in [0.717, 1.165) is 12.2 Å². The molecule has 1 aromatic heterocycles. The summed E-state index contributed by atoms with van der Waals surface area (Å²) in [7, 11) is 0. The van der Waals surface area contributed by atoms with Crippen LogP contribution < -0.4 is 10.9 Å². The van der Waals surface area contributed by atoms with Crippen molar-refractivity contribution in [3.63, 3.8) is 0 Å². The van der Waals surface area contributed by atoms with Crippen LogP contribution in [-0.2, 0) is 25.5 Å². The summed E-state index contributed by atoms with van der Waals surface area (Å²) in [5.74, 6) is 0.250. The van der Waals surface area contributed by atoms with Gasteiger partial charge in [-0.25, -0.2) is 4.98 Å². The number of aromatic amines is 1. The van der Waals surface area contributed by atoms with E-state index in [1.807, 2.05) is 6.92 Å². The first kappa shape index (κ1) is 21.4. The zero-order valence-electron chi connectivity index (χ0n) is 16.0.